The first-order valence-corrected chi connectivity index (χ1v) is 19.0. The second kappa shape index (κ2) is 22.2. The summed E-state index contributed by atoms with van der Waals surface area (Å²) in [5.41, 5.74) is 7.51. The number of aromatic amines is 1. The van der Waals surface area contributed by atoms with Crippen molar-refractivity contribution in [1.29, 1.82) is 0 Å². The van der Waals surface area contributed by atoms with Crippen LogP contribution < -0.4 is 37.6 Å². The van der Waals surface area contributed by atoms with E-state index in [2.05, 4.69) is 41.9 Å². The zero-order valence-corrected chi connectivity index (χ0v) is 32.1. The number of nitrogens with one attached hydrogen (secondary N) is 7. The van der Waals surface area contributed by atoms with E-state index in [1.165, 1.54) is 12.5 Å². The first-order chi connectivity index (χ1) is 26.2. The summed E-state index contributed by atoms with van der Waals surface area (Å²) in [6.07, 6.45) is 4.79. The summed E-state index contributed by atoms with van der Waals surface area (Å²) >= 11 is 0. The lowest BCUT2D eigenvalue weighted by atomic mass is 9.96. The van der Waals surface area contributed by atoms with E-state index >= 15 is 0 Å². The third kappa shape index (κ3) is 14.8. The van der Waals surface area contributed by atoms with Gasteiger partial charge in [0.1, 0.15) is 30.2 Å². The molecule has 3 rings (SSSR count). The van der Waals surface area contributed by atoms with Crippen LogP contribution >= 0.6 is 0 Å². The summed E-state index contributed by atoms with van der Waals surface area (Å²) < 4.78 is 0. The van der Waals surface area contributed by atoms with Gasteiger partial charge in [-0.1, -0.05) is 64.4 Å². The highest BCUT2D eigenvalue weighted by Gasteiger charge is 2.35. The summed E-state index contributed by atoms with van der Waals surface area (Å²) in [7, 11) is 0. The normalized spacial score (nSPS) is 17.6. The van der Waals surface area contributed by atoms with Crippen LogP contribution in [0.5, 0.6) is 0 Å². The minimum atomic E-state index is -1.42. The Morgan fingerprint density at radius 3 is 2.16 bits per heavy atom. The molecular weight excluding hydrogens is 710 g/mol. The molecule has 55 heavy (non-hydrogen) atoms. The van der Waals surface area contributed by atoms with Crippen LogP contribution in [0, 0.1) is 11.8 Å². The highest BCUT2D eigenvalue weighted by atomic mass is 16.4. The lowest BCUT2D eigenvalue weighted by Gasteiger charge is -2.29. The summed E-state index contributed by atoms with van der Waals surface area (Å²) in [5, 5.41) is 25.7. The van der Waals surface area contributed by atoms with Gasteiger partial charge in [0.25, 0.3) is 0 Å². The number of carbonyl (C=O) groups is 7. The fourth-order valence-corrected chi connectivity index (χ4v) is 6.14. The minimum absolute atomic E-state index is 0.0435. The Morgan fingerprint density at radius 2 is 1.53 bits per heavy atom. The van der Waals surface area contributed by atoms with Gasteiger partial charge in [0.2, 0.25) is 35.4 Å². The van der Waals surface area contributed by atoms with E-state index in [0.29, 0.717) is 25.1 Å². The molecule has 1 aromatic carbocycles. The minimum Gasteiger partial charge on any atom is -0.481 e. The number of benzene rings is 1. The molecule has 0 spiro atoms. The molecule has 17 nitrogen and oxygen atoms in total. The average molecular weight is 768 g/mol. The molecule has 2 aromatic rings. The lowest BCUT2D eigenvalue weighted by molar-refractivity contribution is -0.139. The zero-order valence-electron chi connectivity index (χ0n) is 32.1. The highest BCUT2D eigenvalue weighted by Crippen LogP contribution is 2.13. The first kappa shape index (κ1) is 44.1. The van der Waals surface area contributed by atoms with Crippen LogP contribution in [-0.2, 0) is 46.4 Å². The van der Waals surface area contributed by atoms with Crippen LogP contribution in [-0.4, -0.2) is 99.3 Å². The van der Waals surface area contributed by atoms with E-state index in [4.69, 9.17) is 5.73 Å². The molecule has 0 aliphatic carbocycles. The second-order valence-electron chi connectivity index (χ2n) is 14.5. The van der Waals surface area contributed by atoms with E-state index in [9.17, 15) is 38.7 Å². The van der Waals surface area contributed by atoms with Crippen LogP contribution in [0.25, 0.3) is 0 Å². The summed E-state index contributed by atoms with van der Waals surface area (Å²) in [5.74, 6) is -5.41. The van der Waals surface area contributed by atoms with E-state index in [1.54, 1.807) is 6.92 Å². The van der Waals surface area contributed by atoms with Gasteiger partial charge in [-0.2, -0.15) is 0 Å². The Bertz CT molecular complexity index is 1590. The molecule has 1 aliphatic rings. The number of nitrogens with two attached hydrogens (primary N) is 1. The average Bonchev–Trinajstić information content (AvgIpc) is 3.58. The maximum Gasteiger partial charge on any atom is 0.303 e. The number of nitrogens with zero attached hydrogens (tertiary/aromatic N) is 1. The molecular formula is C38H57N9O8. The van der Waals surface area contributed by atoms with Gasteiger partial charge in [0.15, 0.2) is 0 Å². The smallest absolute Gasteiger partial charge is 0.303 e. The monoisotopic (exact) mass is 767 g/mol. The van der Waals surface area contributed by atoms with Crippen LogP contribution in [0.4, 0.5) is 0 Å². The van der Waals surface area contributed by atoms with Gasteiger partial charge in [-0.3, -0.25) is 33.6 Å². The van der Waals surface area contributed by atoms with Gasteiger partial charge >= 0.3 is 5.97 Å². The Labute approximate surface area is 321 Å². The molecule has 1 saturated heterocycles. The molecule has 0 saturated carbocycles. The Balaban J connectivity index is 1.81. The van der Waals surface area contributed by atoms with Crippen LogP contribution in [0.1, 0.15) is 83.9 Å². The van der Waals surface area contributed by atoms with Gasteiger partial charge in [0, 0.05) is 31.3 Å². The maximum atomic E-state index is 14.0. The number of imidazole rings is 1. The van der Waals surface area contributed by atoms with Gasteiger partial charge in [-0.15, -0.1) is 0 Å². The lowest BCUT2D eigenvalue weighted by Crippen LogP contribution is -2.60. The largest absolute Gasteiger partial charge is 0.481 e. The molecule has 2 heterocycles. The predicted octanol–water partition coefficient (Wildman–Crippen LogP) is 0.203. The van der Waals surface area contributed by atoms with Crippen molar-refractivity contribution in [2.45, 2.75) is 122 Å². The highest BCUT2D eigenvalue weighted by molar-refractivity contribution is 5.97. The number of hydrogen-bond donors (Lipinski definition) is 9. The third-order valence-corrected chi connectivity index (χ3v) is 9.51. The molecule has 0 bridgehead atoms. The number of H-pyrrole nitrogens is 1. The Kier molecular flexibility index (Phi) is 17.8. The van der Waals surface area contributed by atoms with Crippen LogP contribution in [0.2, 0.25) is 0 Å². The molecule has 302 valence electrons. The van der Waals surface area contributed by atoms with Crippen molar-refractivity contribution in [2.24, 2.45) is 17.6 Å². The maximum absolute atomic E-state index is 14.0. The van der Waals surface area contributed by atoms with Gasteiger partial charge in [0.05, 0.1) is 12.4 Å². The van der Waals surface area contributed by atoms with Crippen molar-refractivity contribution >= 4 is 41.4 Å². The third-order valence-electron chi connectivity index (χ3n) is 9.51. The molecule has 6 amide bonds. The quantitative estimate of drug-likeness (QED) is 0.0833. The topological polar surface area (TPSA) is 267 Å². The van der Waals surface area contributed by atoms with Gasteiger partial charge in [-0.05, 0) is 55.9 Å². The summed E-state index contributed by atoms with van der Waals surface area (Å²) in [4.78, 5) is 99.2. The standard InChI is InChI=1S/C38H57N9O8/c1-5-23(4)32(38(55)44-27-13-9-10-16-41-34(27)51)47-35(52)28(14-15-31(48)49)43-37(54)30(19-25-20-40-21-42-25)46-36(53)29(17-22(2)3)45-33(50)26(39)18-24-11-7-6-8-12-24/h6-8,11-12,20-23,26-30,32H,5,9-10,13-19,39H2,1-4H3,(H,40,42)(H,41,51)(H,43,54)(H,44,55)(H,45,50)(H,46,53)(H,47,52)(H,48,49)/t23-,26+,27-,28+,29-,30-,32-/m0/s1. The molecule has 1 aliphatic heterocycles. The van der Waals surface area contributed by atoms with E-state index in [-0.39, 0.29) is 37.5 Å². The summed E-state index contributed by atoms with van der Waals surface area (Å²) in [6, 6.07) is 2.55. The first-order valence-electron chi connectivity index (χ1n) is 19.0. The van der Waals surface area contributed by atoms with Crippen molar-refractivity contribution in [3.63, 3.8) is 0 Å². The Morgan fingerprint density at radius 1 is 0.873 bits per heavy atom. The molecule has 1 fully saturated rings. The van der Waals surface area contributed by atoms with Crippen molar-refractivity contribution in [1.82, 2.24) is 41.9 Å². The van der Waals surface area contributed by atoms with Crippen molar-refractivity contribution in [2.75, 3.05) is 6.54 Å². The summed E-state index contributed by atoms with van der Waals surface area (Å²) in [6.45, 7) is 7.82. The van der Waals surface area contributed by atoms with Gasteiger partial charge in [-0.25, -0.2) is 4.98 Å². The fraction of sp³-hybridized carbons (Fsp3) is 0.579. The SMILES string of the molecule is CC[C@H](C)[C@H](NC(=O)[C@@H](CCC(=O)O)NC(=O)[C@H](Cc1cnc[nH]1)NC(=O)[C@H](CC(C)C)NC(=O)[C@H](N)Cc1ccccc1)C(=O)N[C@H]1CCCCNC1=O. The number of rotatable bonds is 21. The van der Waals surface area contributed by atoms with Crippen molar-refractivity contribution in [3.05, 3.63) is 54.1 Å². The number of aliphatic carboxylic acids is 1. The van der Waals surface area contributed by atoms with Crippen LogP contribution in [0.15, 0.2) is 42.9 Å². The number of carbonyl (C=O) groups excluding carboxylic acids is 6. The number of carboxylic acids is 1. The van der Waals surface area contributed by atoms with E-state index in [1.807, 2.05) is 51.1 Å². The zero-order chi connectivity index (χ0) is 40.5. The second-order valence-corrected chi connectivity index (χ2v) is 14.5. The molecule has 1 aromatic heterocycles. The molecule has 10 N–H and O–H groups in total. The van der Waals surface area contributed by atoms with Crippen LogP contribution in [0.3, 0.4) is 0 Å². The molecule has 7 atom stereocenters. The fourth-order valence-electron chi connectivity index (χ4n) is 6.14. The molecule has 0 radical (unpaired) electrons. The van der Waals surface area contributed by atoms with E-state index < -0.39 is 84.1 Å². The number of aromatic nitrogens is 2. The van der Waals surface area contributed by atoms with E-state index in [0.717, 1.165) is 18.4 Å². The van der Waals surface area contributed by atoms with Crippen molar-refractivity contribution < 1.29 is 38.7 Å². The molecule has 0 unspecified atom stereocenters. The molecule has 17 heteroatoms. The predicted molar refractivity (Wildman–Crippen MR) is 203 cm³/mol. The number of amides is 6. The number of hydrogen-bond acceptors (Lipinski definition) is 9. The number of carboxylic acid groups (broad SMARTS) is 1. The Hall–Kier alpha value is -5.32. The van der Waals surface area contributed by atoms with Crippen molar-refractivity contribution in [3.8, 4) is 0 Å². The van der Waals surface area contributed by atoms with Gasteiger partial charge < -0.3 is 47.7 Å².